The summed E-state index contributed by atoms with van der Waals surface area (Å²) in [6.45, 7) is 9.97. The summed E-state index contributed by atoms with van der Waals surface area (Å²) < 4.78 is 26.3. The Bertz CT molecular complexity index is 534. The fourth-order valence-electron chi connectivity index (χ4n) is 2.70. The Kier molecular flexibility index (Phi) is 3.04. The number of halogens is 1. The number of benzene rings is 1. The van der Waals surface area contributed by atoms with Gasteiger partial charge in [-0.1, -0.05) is 6.07 Å². The second-order valence-electron chi connectivity index (χ2n) is 7.09. The summed E-state index contributed by atoms with van der Waals surface area (Å²) in [6.07, 6.45) is 2.35. The van der Waals surface area contributed by atoms with Crippen molar-refractivity contribution in [1.82, 2.24) is 0 Å². The maximum atomic E-state index is 14.4. The van der Waals surface area contributed by atoms with Crippen LogP contribution in [-0.2, 0) is 9.31 Å². The van der Waals surface area contributed by atoms with Gasteiger partial charge in [0.2, 0.25) is 0 Å². The van der Waals surface area contributed by atoms with Crippen molar-refractivity contribution in [3.05, 3.63) is 29.1 Å². The van der Waals surface area contributed by atoms with Gasteiger partial charge >= 0.3 is 7.12 Å². The smallest absolute Gasteiger partial charge is 0.399 e. The average Bonchev–Trinajstić information content (AvgIpc) is 3.10. The van der Waals surface area contributed by atoms with E-state index in [-0.39, 0.29) is 5.82 Å². The van der Waals surface area contributed by atoms with Crippen LogP contribution >= 0.6 is 0 Å². The standard InChI is InChI=1S/C16H22BFO2/c1-10-8-13(14(18)9-12(10)11-6-7-11)17-19-15(2,3)16(4,5)20-17/h8-9,11H,6-7H2,1-5H3. The molecule has 0 aromatic heterocycles. The fraction of sp³-hybridized carbons (Fsp3) is 0.625. The van der Waals surface area contributed by atoms with Crippen LogP contribution in [0.3, 0.4) is 0 Å². The van der Waals surface area contributed by atoms with Gasteiger partial charge in [0.1, 0.15) is 5.82 Å². The Morgan fingerprint density at radius 1 is 1.10 bits per heavy atom. The van der Waals surface area contributed by atoms with Crippen LogP contribution in [0.2, 0.25) is 0 Å². The summed E-state index contributed by atoms with van der Waals surface area (Å²) in [5.74, 6) is 0.341. The molecule has 1 aliphatic carbocycles. The van der Waals surface area contributed by atoms with Crippen molar-refractivity contribution in [1.29, 1.82) is 0 Å². The first-order valence-corrected chi connectivity index (χ1v) is 7.37. The lowest BCUT2D eigenvalue weighted by Crippen LogP contribution is -2.41. The van der Waals surface area contributed by atoms with Crippen LogP contribution < -0.4 is 5.46 Å². The van der Waals surface area contributed by atoms with Crippen LogP contribution in [0.1, 0.15) is 57.6 Å². The third-order valence-electron chi connectivity index (χ3n) is 4.91. The highest BCUT2D eigenvalue weighted by Crippen LogP contribution is 2.42. The largest absolute Gasteiger partial charge is 0.497 e. The van der Waals surface area contributed by atoms with Crippen LogP contribution in [0.25, 0.3) is 0 Å². The topological polar surface area (TPSA) is 18.5 Å². The van der Waals surface area contributed by atoms with Gasteiger partial charge in [0.05, 0.1) is 11.2 Å². The van der Waals surface area contributed by atoms with Gasteiger partial charge in [0.25, 0.3) is 0 Å². The Balaban J connectivity index is 1.94. The van der Waals surface area contributed by atoms with Gasteiger partial charge in [-0.3, -0.25) is 0 Å². The van der Waals surface area contributed by atoms with Gasteiger partial charge in [-0.2, -0.15) is 0 Å². The molecule has 108 valence electrons. The van der Waals surface area contributed by atoms with E-state index < -0.39 is 18.3 Å². The zero-order valence-corrected chi connectivity index (χ0v) is 12.9. The van der Waals surface area contributed by atoms with E-state index in [4.69, 9.17) is 9.31 Å². The van der Waals surface area contributed by atoms with E-state index in [0.717, 1.165) is 11.1 Å². The zero-order valence-electron chi connectivity index (χ0n) is 12.9. The van der Waals surface area contributed by atoms with Gasteiger partial charge in [0.15, 0.2) is 0 Å². The molecule has 4 heteroatoms. The van der Waals surface area contributed by atoms with E-state index in [9.17, 15) is 4.39 Å². The third kappa shape index (κ3) is 2.19. The summed E-state index contributed by atoms with van der Waals surface area (Å²) in [4.78, 5) is 0. The molecule has 3 rings (SSSR count). The zero-order chi connectivity index (χ0) is 14.7. The van der Waals surface area contributed by atoms with E-state index in [0.29, 0.717) is 11.4 Å². The first-order chi connectivity index (χ1) is 9.21. The van der Waals surface area contributed by atoms with Crippen LogP contribution in [-0.4, -0.2) is 18.3 Å². The molecule has 2 nitrogen and oxygen atoms in total. The lowest BCUT2D eigenvalue weighted by molar-refractivity contribution is 0.00578. The highest BCUT2D eigenvalue weighted by Gasteiger charge is 2.52. The Labute approximate surface area is 120 Å². The predicted molar refractivity (Wildman–Crippen MR) is 78.8 cm³/mol. The summed E-state index contributed by atoms with van der Waals surface area (Å²) in [7, 11) is -0.619. The lowest BCUT2D eigenvalue weighted by Gasteiger charge is -2.32. The minimum Gasteiger partial charge on any atom is -0.399 e. The van der Waals surface area contributed by atoms with Crippen molar-refractivity contribution < 1.29 is 13.7 Å². The minimum absolute atomic E-state index is 0.212. The van der Waals surface area contributed by atoms with Crippen LogP contribution in [0.15, 0.2) is 12.1 Å². The normalized spacial score (nSPS) is 24.2. The third-order valence-corrected chi connectivity index (χ3v) is 4.91. The molecule has 0 bridgehead atoms. The maximum Gasteiger partial charge on any atom is 0.497 e. The number of aryl methyl sites for hydroxylation is 1. The van der Waals surface area contributed by atoms with Crippen molar-refractivity contribution >= 4 is 12.6 Å². The molecule has 0 N–H and O–H groups in total. The molecule has 0 radical (unpaired) electrons. The van der Waals surface area contributed by atoms with Gasteiger partial charge < -0.3 is 9.31 Å². The van der Waals surface area contributed by atoms with Crippen molar-refractivity contribution in [3.8, 4) is 0 Å². The van der Waals surface area contributed by atoms with Crippen molar-refractivity contribution in [2.24, 2.45) is 0 Å². The Hall–Kier alpha value is -0.865. The molecule has 1 aromatic carbocycles. The van der Waals surface area contributed by atoms with Crippen LogP contribution in [0.4, 0.5) is 4.39 Å². The van der Waals surface area contributed by atoms with E-state index >= 15 is 0 Å². The summed E-state index contributed by atoms with van der Waals surface area (Å²) in [5, 5.41) is 0. The number of hydrogen-bond donors (Lipinski definition) is 0. The second kappa shape index (κ2) is 4.31. The average molecular weight is 276 g/mol. The molecule has 0 spiro atoms. The van der Waals surface area contributed by atoms with E-state index in [1.165, 1.54) is 12.8 Å². The molecule has 2 aliphatic rings. The molecule has 1 aliphatic heterocycles. The molecular weight excluding hydrogens is 254 g/mol. The van der Waals surface area contributed by atoms with Gasteiger partial charge in [-0.25, -0.2) is 4.39 Å². The van der Waals surface area contributed by atoms with Gasteiger partial charge in [-0.15, -0.1) is 0 Å². The van der Waals surface area contributed by atoms with Crippen molar-refractivity contribution in [2.45, 2.75) is 64.6 Å². The number of rotatable bonds is 2. The lowest BCUT2D eigenvalue weighted by atomic mass is 9.77. The quantitative estimate of drug-likeness (QED) is 0.771. The molecule has 1 aromatic rings. The molecule has 2 fully saturated rings. The van der Waals surface area contributed by atoms with E-state index in [2.05, 4.69) is 0 Å². The molecule has 1 saturated carbocycles. The second-order valence-corrected chi connectivity index (χ2v) is 7.09. The van der Waals surface area contributed by atoms with Crippen molar-refractivity contribution in [3.63, 3.8) is 0 Å². The Morgan fingerprint density at radius 3 is 2.15 bits per heavy atom. The first kappa shape index (κ1) is 14.1. The summed E-state index contributed by atoms with van der Waals surface area (Å²) in [5.41, 5.74) is 1.92. The highest BCUT2D eigenvalue weighted by atomic mass is 19.1. The molecule has 1 heterocycles. The van der Waals surface area contributed by atoms with Crippen LogP contribution in [0, 0.1) is 12.7 Å². The highest BCUT2D eigenvalue weighted by molar-refractivity contribution is 6.62. The SMILES string of the molecule is Cc1cc(B2OC(C)(C)C(C)(C)O2)c(F)cc1C1CC1. The fourth-order valence-corrected chi connectivity index (χ4v) is 2.70. The van der Waals surface area contributed by atoms with Gasteiger partial charge in [0, 0.05) is 5.46 Å². The molecule has 0 unspecified atom stereocenters. The summed E-state index contributed by atoms with van der Waals surface area (Å²) in [6, 6.07) is 3.57. The predicted octanol–water partition coefficient (Wildman–Crippen LogP) is 3.31. The summed E-state index contributed by atoms with van der Waals surface area (Å²) >= 11 is 0. The molecule has 0 amide bonds. The van der Waals surface area contributed by atoms with E-state index in [1.807, 2.05) is 40.7 Å². The molecule has 0 atom stereocenters. The molecular formula is C16H22BFO2. The van der Waals surface area contributed by atoms with Gasteiger partial charge in [-0.05, 0) is 70.6 Å². The first-order valence-electron chi connectivity index (χ1n) is 7.37. The molecule has 20 heavy (non-hydrogen) atoms. The van der Waals surface area contributed by atoms with E-state index in [1.54, 1.807) is 6.07 Å². The maximum absolute atomic E-state index is 14.4. The van der Waals surface area contributed by atoms with Crippen molar-refractivity contribution in [2.75, 3.05) is 0 Å². The molecule has 1 saturated heterocycles. The monoisotopic (exact) mass is 276 g/mol. The van der Waals surface area contributed by atoms with Crippen LogP contribution in [0.5, 0.6) is 0 Å². The number of hydrogen-bond acceptors (Lipinski definition) is 2. The Morgan fingerprint density at radius 2 is 1.65 bits per heavy atom. The minimum atomic E-state index is -0.619.